The highest BCUT2D eigenvalue weighted by atomic mass is 79.9. The third-order valence-corrected chi connectivity index (χ3v) is 4.27. The molecule has 0 bridgehead atoms. The first-order chi connectivity index (χ1) is 9.58. The van der Waals surface area contributed by atoms with Crippen molar-refractivity contribution >= 4 is 31.9 Å². The van der Waals surface area contributed by atoms with E-state index in [9.17, 15) is 0 Å². The average molecular weight is 403 g/mol. The first-order valence-electron chi connectivity index (χ1n) is 6.38. The molecular formula is C14H17Br2N3O. The van der Waals surface area contributed by atoms with Crippen molar-refractivity contribution in [1.29, 1.82) is 0 Å². The van der Waals surface area contributed by atoms with Crippen molar-refractivity contribution < 1.29 is 4.74 Å². The molecule has 1 atom stereocenters. The zero-order valence-corrected chi connectivity index (χ0v) is 14.6. The lowest BCUT2D eigenvalue weighted by molar-refractivity contribution is 0.404. The maximum Gasteiger partial charge on any atom is 0.161 e. The molecule has 0 saturated heterocycles. The van der Waals surface area contributed by atoms with E-state index >= 15 is 0 Å². The molecular weight excluding hydrogens is 386 g/mol. The normalized spacial score (nSPS) is 12.4. The zero-order valence-electron chi connectivity index (χ0n) is 11.4. The number of halogens is 2. The fourth-order valence-electron chi connectivity index (χ4n) is 2.14. The van der Waals surface area contributed by atoms with E-state index in [2.05, 4.69) is 43.9 Å². The van der Waals surface area contributed by atoms with Crippen LogP contribution in [-0.2, 0) is 6.54 Å². The van der Waals surface area contributed by atoms with E-state index in [0.29, 0.717) is 0 Å². The molecule has 0 aliphatic carbocycles. The van der Waals surface area contributed by atoms with Gasteiger partial charge in [0.25, 0.3) is 0 Å². The van der Waals surface area contributed by atoms with Crippen molar-refractivity contribution in [3.8, 4) is 5.75 Å². The van der Waals surface area contributed by atoms with Gasteiger partial charge in [0.15, 0.2) is 5.75 Å². The van der Waals surface area contributed by atoms with E-state index in [1.807, 2.05) is 22.9 Å². The molecule has 1 unspecified atom stereocenters. The van der Waals surface area contributed by atoms with Crippen LogP contribution in [0, 0.1) is 0 Å². The molecule has 108 valence electrons. The summed E-state index contributed by atoms with van der Waals surface area (Å²) in [5.41, 5.74) is 8.34. The fraction of sp³-hybridized carbons (Fsp3) is 0.357. The maximum absolute atomic E-state index is 6.43. The number of benzene rings is 1. The molecule has 2 aromatic rings. The summed E-state index contributed by atoms with van der Waals surface area (Å²) in [4.78, 5) is 0. The van der Waals surface area contributed by atoms with Gasteiger partial charge in [-0.3, -0.25) is 4.68 Å². The third kappa shape index (κ3) is 3.07. The van der Waals surface area contributed by atoms with Crippen LogP contribution in [0.15, 0.2) is 33.3 Å². The van der Waals surface area contributed by atoms with Gasteiger partial charge in [-0.2, -0.15) is 5.10 Å². The quantitative estimate of drug-likeness (QED) is 0.825. The molecule has 6 heteroatoms. The van der Waals surface area contributed by atoms with Crippen molar-refractivity contribution in [3.63, 3.8) is 0 Å². The number of hydrogen-bond donors (Lipinski definition) is 1. The number of ether oxygens (including phenoxy) is 1. The molecule has 0 fully saturated rings. The summed E-state index contributed by atoms with van der Waals surface area (Å²) in [7, 11) is 1.64. The molecule has 0 saturated carbocycles. The predicted octanol–water partition coefficient (Wildman–Crippen LogP) is 3.87. The number of hydrogen-bond acceptors (Lipinski definition) is 3. The summed E-state index contributed by atoms with van der Waals surface area (Å²) in [5, 5.41) is 4.36. The summed E-state index contributed by atoms with van der Waals surface area (Å²) >= 11 is 7.01. The summed E-state index contributed by atoms with van der Waals surface area (Å²) in [6.07, 6.45) is 2.71. The summed E-state index contributed by atoms with van der Waals surface area (Å²) < 4.78 is 9.28. The lowest BCUT2D eigenvalue weighted by atomic mass is 10.0. The Hall–Kier alpha value is -0.850. The van der Waals surface area contributed by atoms with Gasteiger partial charge in [0, 0.05) is 15.5 Å². The van der Waals surface area contributed by atoms with Gasteiger partial charge in [0.1, 0.15) is 5.69 Å². The Morgan fingerprint density at radius 1 is 1.40 bits per heavy atom. The second kappa shape index (κ2) is 6.74. The highest BCUT2D eigenvalue weighted by molar-refractivity contribution is 9.11. The van der Waals surface area contributed by atoms with Crippen LogP contribution in [0.2, 0.25) is 0 Å². The fourth-order valence-corrected chi connectivity index (χ4v) is 3.43. The van der Waals surface area contributed by atoms with Crippen LogP contribution in [-0.4, -0.2) is 16.9 Å². The van der Waals surface area contributed by atoms with E-state index in [-0.39, 0.29) is 6.04 Å². The smallest absolute Gasteiger partial charge is 0.161 e. The van der Waals surface area contributed by atoms with Gasteiger partial charge in [-0.1, -0.05) is 44.8 Å². The number of aryl methyl sites for hydroxylation is 1. The molecule has 1 aromatic carbocycles. The first kappa shape index (κ1) is 15.5. The van der Waals surface area contributed by atoms with E-state index < -0.39 is 0 Å². The van der Waals surface area contributed by atoms with Crippen molar-refractivity contribution in [1.82, 2.24) is 9.78 Å². The van der Waals surface area contributed by atoms with Crippen molar-refractivity contribution in [2.75, 3.05) is 7.11 Å². The van der Waals surface area contributed by atoms with Crippen molar-refractivity contribution in [2.45, 2.75) is 25.9 Å². The van der Waals surface area contributed by atoms with Gasteiger partial charge < -0.3 is 10.5 Å². The predicted molar refractivity (Wildman–Crippen MR) is 86.9 cm³/mol. The highest BCUT2D eigenvalue weighted by Crippen LogP contribution is 2.33. The Balaban J connectivity index is 2.46. The average Bonchev–Trinajstić information content (AvgIpc) is 2.81. The maximum atomic E-state index is 6.43. The standard InChI is InChI=1S/C14H17Br2N3O/c1-3-6-19-14(12(20-2)8-18-19)13(17)10-5-4-9(15)7-11(10)16/h4-5,7-8,13H,3,6,17H2,1-2H3. The molecule has 4 nitrogen and oxygen atoms in total. The zero-order chi connectivity index (χ0) is 14.7. The molecule has 1 heterocycles. The number of methoxy groups -OCH3 is 1. The minimum atomic E-state index is -0.290. The van der Waals surface area contributed by atoms with Gasteiger partial charge in [0.05, 0.1) is 19.3 Å². The van der Waals surface area contributed by atoms with Crippen molar-refractivity contribution in [3.05, 3.63) is 44.6 Å². The van der Waals surface area contributed by atoms with Gasteiger partial charge in [-0.15, -0.1) is 0 Å². The topological polar surface area (TPSA) is 53.1 Å². The van der Waals surface area contributed by atoms with Gasteiger partial charge in [-0.25, -0.2) is 0 Å². The van der Waals surface area contributed by atoms with Crippen molar-refractivity contribution in [2.24, 2.45) is 5.73 Å². The second-order valence-corrected chi connectivity index (χ2v) is 6.23. The molecule has 0 radical (unpaired) electrons. The molecule has 0 spiro atoms. The number of nitrogens with zero attached hydrogens (tertiary/aromatic N) is 2. The molecule has 0 amide bonds. The molecule has 0 aliphatic rings. The van der Waals surface area contributed by atoms with Crippen LogP contribution in [0.25, 0.3) is 0 Å². The highest BCUT2D eigenvalue weighted by Gasteiger charge is 2.21. The Bertz CT molecular complexity index is 598. The van der Waals surface area contributed by atoms with Crippen LogP contribution in [0.5, 0.6) is 5.75 Å². The first-order valence-corrected chi connectivity index (χ1v) is 7.97. The minimum Gasteiger partial charge on any atom is -0.493 e. The lowest BCUT2D eigenvalue weighted by Gasteiger charge is -2.17. The minimum absolute atomic E-state index is 0.290. The lowest BCUT2D eigenvalue weighted by Crippen LogP contribution is -2.19. The van der Waals surface area contributed by atoms with Crippen LogP contribution >= 0.6 is 31.9 Å². The Morgan fingerprint density at radius 2 is 2.15 bits per heavy atom. The van der Waals surface area contributed by atoms with E-state index in [0.717, 1.165) is 38.9 Å². The van der Waals surface area contributed by atoms with Gasteiger partial charge >= 0.3 is 0 Å². The van der Waals surface area contributed by atoms with Crippen LogP contribution in [0.3, 0.4) is 0 Å². The second-order valence-electron chi connectivity index (χ2n) is 4.46. The Morgan fingerprint density at radius 3 is 2.75 bits per heavy atom. The Labute approximate surface area is 135 Å². The third-order valence-electron chi connectivity index (χ3n) is 3.09. The molecule has 1 aromatic heterocycles. The summed E-state index contributed by atoms with van der Waals surface area (Å²) in [5.74, 6) is 0.723. The molecule has 20 heavy (non-hydrogen) atoms. The van der Waals surface area contributed by atoms with Crippen LogP contribution < -0.4 is 10.5 Å². The van der Waals surface area contributed by atoms with Crippen LogP contribution in [0.4, 0.5) is 0 Å². The molecule has 2 rings (SSSR count). The molecule has 0 aliphatic heterocycles. The number of aromatic nitrogens is 2. The summed E-state index contributed by atoms with van der Waals surface area (Å²) in [6, 6.07) is 5.68. The monoisotopic (exact) mass is 401 g/mol. The van der Waals surface area contributed by atoms with Gasteiger partial charge in [0.2, 0.25) is 0 Å². The SMILES string of the molecule is CCCn1ncc(OC)c1C(N)c1ccc(Br)cc1Br. The Kier molecular flexibility index (Phi) is 5.23. The number of rotatable bonds is 5. The molecule has 2 N–H and O–H groups in total. The van der Waals surface area contributed by atoms with Gasteiger partial charge in [-0.05, 0) is 24.1 Å². The van der Waals surface area contributed by atoms with E-state index in [1.165, 1.54) is 0 Å². The van der Waals surface area contributed by atoms with E-state index in [1.54, 1.807) is 13.3 Å². The van der Waals surface area contributed by atoms with E-state index in [4.69, 9.17) is 10.5 Å². The van der Waals surface area contributed by atoms with Crippen LogP contribution in [0.1, 0.15) is 30.6 Å². The summed E-state index contributed by atoms with van der Waals surface area (Å²) in [6.45, 7) is 2.93. The number of nitrogens with two attached hydrogens (primary N) is 1. The largest absolute Gasteiger partial charge is 0.493 e.